The van der Waals surface area contributed by atoms with Crippen LogP contribution in [0.4, 0.5) is 11.5 Å². The van der Waals surface area contributed by atoms with Gasteiger partial charge in [-0.15, -0.1) is 0 Å². The SMILES string of the molecule is CC(C)C(NC(=O)c1ccc(Cl)cc1Cl)C(=O)Nc1ccc(N2CCN(C)CC2)cn1. The molecule has 0 aliphatic carbocycles. The molecule has 1 aromatic carbocycles. The Kier molecular flexibility index (Phi) is 7.75. The van der Waals surface area contributed by atoms with Crippen LogP contribution < -0.4 is 15.5 Å². The van der Waals surface area contributed by atoms with Crippen LogP contribution in [0.15, 0.2) is 36.5 Å². The fraction of sp³-hybridized carbons (Fsp3) is 0.409. The molecule has 166 valence electrons. The lowest BCUT2D eigenvalue weighted by Crippen LogP contribution is -2.47. The van der Waals surface area contributed by atoms with E-state index in [4.69, 9.17) is 23.2 Å². The summed E-state index contributed by atoms with van der Waals surface area (Å²) in [6.45, 7) is 7.62. The van der Waals surface area contributed by atoms with Crippen molar-refractivity contribution >= 4 is 46.5 Å². The highest BCUT2D eigenvalue weighted by atomic mass is 35.5. The van der Waals surface area contributed by atoms with E-state index in [1.165, 1.54) is 12.1 Å². The Hall–Kier alpha value is -2.35. The van der Waals surface area contributed by atoms with Gasteiger partial charge in [0.05, 0.1) is 22.5 Å². The average Bonchev–Trinajstić information content (AvgIpc) is 2.72. The summed E-state index contributed by atoms with van der Waals surface area (Å²) in [5.41, 5.74) is 1.29. The monoisotopic (exact) mass is 463 g/mol. The van der Waals surface area contributed by atoms with Crippen LogP contribution in [0.3, 0.4) is 0 Å². The van der Waals surface area contributed by atoms with E-state index in [1.54, 1.807) is 18.3 Å². The van der Waals surface area contributed by atoms with Crippen LogP contribution in [0, 0.1) is 5.92 Å². The molecular formula is C22H27Cl2N5O2. The van der Waals surface area contributed by atoms with Crippen molar-refractivity contribution in [2.45, 2.75) is 19.9 Å². The van der Waals surface area contributed by atoms with E-state index in [1.807, 2.05) is 19.9 Å². The molecule has 0 saturated carbocycles. The second-order valence-corrected chi connectivity index (χ2v) is 8.84. The molecule has 1 saturated heterocycles. The maximum atomic E-state index is 12.8. The third-order valence-corrected chi connectivity index (χ3v) is 5.83. The Morgan fingerprint density at radius 2 is 1.77 bits per heavy atom. The molecule has 1 fully saturated rings. The van der Waals surface area contributed by atoms with Gasteiger partial charge in [-0.1, -0.05) is 37.0 Å². The first kappa shape index (κ1) is 23.3. The fourth-order valence-corrected chi connectivity index (χ4v) is 3.84. The first-order valence-electron chi connectivity index (χ1n) is 10.2. The summed E-state index contributed by atoms with van der Waals surface area (Å²) in [5, 5.41) is 6.22. The maximum absolute atomic E-state index is 12.8. The summed E-state index contributed by atoms with van der Waals surface area (Å²) in [6, 6.07) is 7.59. The van der Waals surface area contributed by atoms with Gasteiger partial charge in [0, 0.05) is 31.2 Å². The smallest absolute Gasteiger partial charge is 0.253 e. The molecule has 1 aromatic heterocycles. The third-order valence-electron chi connectivity index (χ3n) is 5.28. The van der Waals surface area contributed by atoms with Crippen molar-refractivity contribution in [3.63, 3.8) is 0 Å². The highest BCUT2D eigenvalue weighted by Gasteiger charge is 2.26. The Morgan fingerprint density at radius 3 is 2.35 bits per heavy atom. The number of carbonyl (C=O) groups excluding carboxylic acids is 2. The Bertz CT molecular complexity index is 928. The number of nitrogens with one attached hydrogen (secondary N) is 2. The second kappa shape index (κ2) is 10.3. The zero-order valence-electron chi connectivity index (χ0n) is 17.9. The minimum atomic E-state index is -0.752. The number of anilines is 2. The van der Waals surface area contributed by atoms with Crippen LogP contribution in [0.1, 0.15) is 24.2 Å². The van der Waals surface area contributed by atoms with Crippen molar-refractivity contribution in [1.82, 2.24) is 15.2 Å². The van der Waals surface area contributed by atoms with E-state index in [0.717, 1.165) is 31.9 Å². The summed E-state index contributed by atoms with van der Waals surface area (Å²) in [4.78, 5) is 34.4. The summed E-state index contributed by atoms with van der Waals surface area (Å²) in [6.07, 6.45) is 1.76. The van der Waals surface area contributed by atoms with Crippen LogP contribution in [-0.2, 0) is 4.79 Å². The van der Waals surface area contributed by atoms with Crippen molar-refractivity contribution in [3.8, 4) is 0 Å². The predicted octanol–water partition coefficient (Wildman–Crippen LogP) is 3.53. The highest BCUT2D eigenvalue weighted by molar-refractivity contribution is 6.36. The van der Waals surface area contributed by atoms with E-state index in [9.17, 15) is 9.59 Å². The molecule has 2 N–H and O–H groups in total. The largest absolute Gasteiger partial charge is 0.368 e. The molecule has 2 aromatic rings. The summed E-state index contributed by atoms with van der Waals surface area (Å²) in [5.74, 6) is -0.478. The average molecular weight is 464 g/mol. The number of aromatic nitrogens is 1. The molecule has 1 aliphatic rings. The van der Waals surface area contributed by atoms with Crippen molar-refractivity contribution < 1.29 is 9.59 Å². The van der Waals surface area contributed by atoms with E-state index in [-0.39, 0.29) is 22.4 Å². The molecular weight excluding hydrogens is 437 g/mol. The molecule has 0 radical (unpaired) electrons. The molecule has 3 rings (SSSR count). The molecule has 0 spiro atoms. The van der Waals surface area contributed by atoms with Gasteiger partial charge in [-0.05, 0) is 43.3 Å². The van der Waals surface area contributed by atoms with Crippen molar-refractivity contribution in [1.29, 1.82) is 0 Å². The molecule has 0 bridgehead atoms. The molecule has 1 unspecified atom stereocenters. The lowest BCUT2D eigenvalue weighted by atomic mass is 10.0. The minimum Gasteiger partial charge on any atom is -0.368 e. The highest BCUT2D eigenvalue weighted by Crippen LogP contribution is 2.22. The lowest BCUT2D eigenvalue weighted by Gasteiger charge is -2.33. The predicted molar refractivity (Wildman–Crippen MR) is 125 cm³/mol. The first-order chi connectivity index (χ1) is 14.7. The van der Waals surface area contributed by atoms with Gasteiger partial charge in [0.15, 0.2) is 0 Å². The van der Waals surface area contributed by atoms with Gasteiger partial charge in [0.25, 0.3) is 5.91 Å². The van der Waals surface area contributed by atoms with Gasteiger partial charge >= 0.3 is 0 Å². The standard InChI is InChI=1S/C22H27Cl2N5O2/c1-14(2)20(27-21(30)17-6-4-15(23)12-18(17)24)22(31)26-19-7-5-16(13-25-19)29-10-8-28(3)9-11-29/h4-7,12-14,20H,8-11H2,1-3H3,(H,27,30)(H,25,26,31). The molecule has 2 amide bonds. The number of halogens is 2. The van der Waals surface area contributed by atoms with Gasteiger partial charge in [-0.3, -0.25) is 9.59 Å². The number of carbonyl (C=O) groups is 2. The number of piperazine rings is 1. The second-order valence-electron chi connectivity index (χ2n) is 8.00. The molecule has 7 nitrogen and oxygen atoms in total. The number of nitrogens with zero attached hydrogens (tertiary/aromatic N) is 3. The normalized spacial score (nSPS) is 15.6. The summed E-state index contributed by atoms with van der Waals surface area (Å²) in [7, 11) is 2.11. The number of amides is 2. The summed E-state index contributed by atoms with van der Waals surface area (Å²) >= 11 is 12.0. The van der Waals surface area contributed by atoms with Crippen LogP contribution >= 0.6 is 23.2 Å². The zero-order valence-corrected chi connectivity index (χ0v) is 19.4. The van der Waals surface area contributed by atoms with Gasteiger partial charge in [-0.2, -0.15) is 0 Å². The van der Waals surface area contributed by atoms with Crippen molar-refractivity contribution in [3.05, 3.63) is 52.1 Å². The molecule has 2 heterocycles. The Labute approximate surface area is 192 Å². The Morgan fingerprint density at radius 1 is 1.06 bits per heavy atom. The summed E-state index contributed by atoms with van der Waals surface area (Å²) < 4.78 is 0. The van der Waals surface area contributed by atoms with Crippen LogP contribution in [0.25, 0.3) is 0 Å². The minimum absolute atomic E-state index is 0.139. The fourth-order valence-electron chi connectivity index (χ4n) is 3.34. The lowest BCUT2D eigenvalue weighted by molar-refractivity contribution is -0.118. The zero-order chi connectivity index (χ0) is 22.5. The van der Waals surface area contributed by atoms with Crippen molar-refractivity contribution in [2.24, 2.45) is 5.92 Å². The van der Waals surface area contributed by atoms with Crippen LogP contribution in [0.5, 0.6) is 0 Å². The number of benzene rings is 1. The van der Waals surface area contributed by atoms with Gasteiger partial charge in [0.1, 0.15) is 11.9 Å². The molecule has 31 heavy (non-hydrogen) atoms. The number of hydrogen-bond donors (Lipinski definition) is 2. The van der Waals surface area contributed by atoms with E-state index >= 15 is 0 Å². The molecule has 9 heteroatoms. The number of hydrogen-bond acceptors (Lipinski definition) is 5. The number of pyridine rings is 1. The van der Waals surface area contributed by atoms with E-state index in [2.05, 4.69) is 32.5 Å². The number of rotatable bonds is 6. The third kappa shape index (κ3) is 6.09. The van der Waals surface area contributed by atoms with Crippen LogP contribution in [0.2, 0.25) is 10.0 Å². The van der Waals surface area contributed by atoms with Gasteiger partial charge in [0.2, 0.25) is 5.91 Å². The topological polar surface area (TPSA) is 77.6 Å². The molecule has 1 aliphatic heterocycles. The molecule has 1 atom stereocenters. The van der Waals surface area contributed by atoms with Crippen molar-refractivity contribution in [2.75, 3.05) is 43.4 Å². The van der Waals surface area contributed by atoms with Crippen LogP contribution in [-0.4, -0.2) is 61.0 Å². The maximum Gasteiger partial charge on any atom is 0.253 e. The van der Waals surface area contributed by atoms with E-state index < -0.39 is 11.9 Å². The Balaban J connectivity index is 1.64. The van der Waals surface area contributed by atoms with E-state index in [0.29, 0.717) is 10.8 Å². The van der Waals surface area contributed by atoms with Gasteiger partial charge < -0.3 is 20.4 Å². The first-order valence-corrected chi connectivity index (χ1v) is 11.0. The number of likely N-dealkylation sites (N-methyl/N-ethyl adjacent to an activating group) is 1. The quantitative estimate of drug-likeness (QED) is 0.684. The van der Waals surface area contributed by atoms with Gasteiger partial charge in [-0.25, -0.2) is 4.98 Å².